The maximum absolute atomic E-state index is 12.5. The standard InChI is InChI=1S/C18H17N5OS/c1-2-22(12-14-9-6-10-25-14)18-20-16-15(17(24)21-18)11-19-23(16)13-7-4-3-5-8-13/h3-11H,2,12H2,1H3,(H,20,21,24). The predicted octanol–water partition coefficient (Wildman–Crippen LogP) is 3.20. The van der Waals surface area contributed by atoms with E-state index in [0.29, 0.717) is 23.5 Å². The third-order valence-corrected chi connectivity index (χ3v) is 4.90. The Labute approximate surface area is 148 Å². The molecule has 0 unspecified atom stereocenters. The van der Waals surface area contributed by atoms with Gasteiger partial charge in [0.25, 0.3) is 5.56 Å². The minimum atomic E-state index is -0.174. The van der Waals surface area contributed by atoms with E-state index in [1.54, 1.807) is 22.2 Å². The van der Waals surface area contributed by atoms with Gasteiger partial charge in [0.1, 0.15) is 5.39 Å². The van der Waals surface area contributed by atoms with Crippen molar-refractivity contribution < 1.29 is 0 Å². The number of hydrogen-bond acceptors (Lipinski definition) is 5. The van der Waals surface area contributed by atoms with E-state index in [9.17, 15) is 4.79 Å². The number of fused-ring (bicyclic) bond motifs is 1. The SMILES string of the molecule is CCN(Cc1cccs1)c1nc2c(cnn2-c2ccccc2)c(=O)[nH]1. The monoisotopic (exact) mass is 351 g/mol. The van der Waals surface area contributed by atoms with E-state index in [1.165, 1.54) is 4.88 Å². The number of anilines is 1. The summed E-state index contributed by atoms with van der Waals surface area (Å²) in [5, 5.41) is 6.88. The number of nitrogens with zero attached hydrogens (tertiary/aromatic N) is 4. The summed E-state index contributed by atoms with van der Waals surface area (Å²) in [6.07, 6.45) is 1.56. The van der Waals surface area contributed by atoms with Crippen LogP contribution in [0, 0.1) is 0 Å². The highest BCUT2D eigenvalue weighted by molar-refractivity contribution is 7.09. The Morgan fingerprint density at radius 2 is 2.04 bits per heavy atom. The van der Waals surface area contributed by atoms with Gasteiger partial charge in [0.05, 0.1) is 18.4 Å². The molecule has 1 aromatic carbocycles. The van der Waals surface area contributed by atoms with Gasteiger partial charge in [-0.15, -0.1) is 11.3 Å². The van der Waals surface area contributed by atoms with Crippen molar-refractivity contribution in [3.8, 4) is 5.69 Å². The van der Waals surface area contributed by atoms with E-state index in [4.69, 9.17) is 4.98 Å². The lowest BCUT2D eigenvalue weighted by molar-refractivity contribution is 0.796. The van der Waals surface area contributed by atoms with E-state index >= 15 is 0 Å². The van der Waals surface area contributed by atoms with E-state index < -0.39 is 0 Å². The van der Waals surface area contributed by atoms with Crippen molar-refractivity contribution in [2.75, 3.05) is 11.4 Å². The zero-order valence-electron chi connectivity index (χ0n) is 13.7. The molecular weight excluding hydrogens is 334 g/mol. The summed E-state index contributed by atoms with van der Waals surface area (Å²) < 4.78 is 1.70. The number of H-pyrrole nitrogens is 1. The molecule has 0 aliphatic rings. The first-order chi connectivity index (χ1) is 12.3. The van der Waals surface area contributed by atoms with Crippen molar-refractivity contribution >= 4 is 28.3 Å². The van der Waals surface area contributed by atoms with Crippen molar-refractivity contribution in [2.45, 2.75) is 13.5 Å². The largest absolute Gasteiger partial charge is 0.337 e. The van der Waals surface area contributed by atoms with Crippen LogP contribution in [0.4, 0.5) is 5.95 Å². The molecule has 0 aliphatic carbocycles. The molecule has 0 saturated heterocycles. The molecule has 0 aliphatic heterocycles. The van der Waals surface area contributed by atoms with Crippen molar-refractivity contribution in [1.82, 2.24) is 19.7 Å². The van der Waals surface area contributed by atoms with Gasteiger partial charge in [0.15, 0.2) is 5.65 Å². The molecule has 0 bridgehead atoms. The average molecular weight is 351 g/mol. The van der Waals surface area contributed by atoms with Crippen LogP contribution in [0.15, 0.2) is 58.8 Å². The Morgan fingerprint density at radius 3 is 2.76 bits per heavy atom. The quantitative estimate of drug-likeness (QED) is 0.600. The van der Waals surface area contributed by atoms with Crippen LogP contribution in [0.1, 0.15) is 11.8 Å². The van der Waals surface area contributed by atoms with Gasteiger partial charge in [-0.3, -0.25) is 9.78 Å². The summed E-state index contributed by atoms with van der Waals surface area (Å²) in [7, 11) is 0. The maximum atomic E-state index is 12.5. The lowest BCUT2D eigenvalue weighted by atomic mass is 10.3. The molecule has 126 valence electrons. The minimum Gasteiger partial charge on any atom is -0.337 e. The van der Waals surface area contributed by atoms with E-state index in [0.717, 1.165) is 12.2 Å². The number of aromatic nitrogens is 4. The first-order valence-corrected chi connectivity index (χ1v) is 8.95. The molecule has 0 saturated carbocycles. The number of para-hydroxylation sites is 1. The van der Waals surface area contributed by atoms with Gasteiger partial charge >= 0.3 is 0 Å². The Balaban J connectivity index is 1.81. The smallest absolute Gasteiger partial charge is 0.263 e. The fourth-order valence-electron chi connectivity index (χ4n) is 2.74. The van der Waals surface area contributed by atoms with Crippen molar-refractivity contribution in [3.63, 3.8) is 0 Å². The molecule has 0 amide bonds. The highest BCUT2D eigenvalue weighted by atomic mass is 32.1. The molecule has 7 heteroatoms. The second-order valence-electron chi connectivity index (χ2n) is 5.61. The van der Waals surface area contributed by atoms with Crippen molar-refractivity contribution in [3.05, 3.63) is 69.3 Å². The van der Waals surface area contributed by atoms with Crippen LogP contribution in [0.25, 0.3) is 16.7 Å². The van der Waals surface area contributed by atoms with Crippen LogP contribution < -0.4 is 10.5 Å². The molecule has 0 spiro atoms. The molecule has 0 fully saturated rings. The second-order valence-corrected chi connectivity index (χ2v) is 6.64. The molecule has 1 N–H and O–H groups in total. The van der Waals surface area contributed by atoms with Crippen LogP contribution >= 0.6 is 11.3 Å². The Kier molecular flexibility index (Phi) is 4.07. The maximum Gasteiger partial charge on any atom is 0.263 e. The zero-order chi connectivity index (χ0) is 17.2. The number of aromatic amines is 1. The Bertz CT molecular complexity index is 1040. The van der Waals surface area contributed by atoms with Gasteiger partial charge in [0, 0.05) is 11.4 Å². The van der Waals surface area contributed by atoms with Gasteiger partial charge in [-0.2, -0.15) is 10.1 Å². The summed E-state index contributed by atoms with van der Waals surface area (Å²) in [5.41, 5.74) is 1.27. The second kappa shape index (κ2) is 6.52. The minimum absolute atomic E-state index is 0.174. The summed E-state index contributed by atoms with van der Waals surface area (Å²) >= 11 is 1.69. The van der Waals surface area contributed by atoms with Crippen LogP contribution in [-0.4, -0.2) is 26.3 Å². The number of rotatable bonds is 5. The fourth-order valence-corrected chi connectivity index (χ4v) is 3.46. The molecule has 4 rings (SSSR count). The average Bonchev–Trinajstić information content (AvgIpc) is 3.30. The lowest BCUT2D eigenvalue weighted by Crippen LogP contribution is -2.26. The molecule has 3 heterocycles. The number of hydrogen-bond donors (Lipinski definition) is 1. The highest BCUT2D eigenvalue weighted by Crippen LogP contribution is 2.19. The van der Waals surface area contributed by atoms with E-state index in [2.05, 4.69) is 21.0 Å². The molecule has 3 aromatic heterocycles. The molecular formula is C18H17N5OS. The number of thiophene rings is 1. The third kappa shape index (κ3) is 2.94. The Hall–Kier alpha value is -2.93. The van der Waals surface area contributed by atoms with E-state index in [1.807, 2.05) is 48.7 Å². The fraction of sp³-hybridized carbons (Fsp3) is 0.167. The molecule has 25 heavy (non-hydrogen) atoms. The topological polar surface area (TPSA) is 66.8 Å². The number of nitrogens with one attached hydrogen (secondary N) is 1. The normalized spacial score (nSPS) is 11.1. The van der Waals surface area contributed by atoms with Crippen molar-refractivity contribution in [2.24, 2.45) is 0 Å². The zero-order valence-corrected chi connectivity index (χ0v) is 14.5. The van der Waals surface area contributed by atoms with Gasteiger partial charge < -0.3 is 4.90 Å². The first kappa shape index (κ1) is 15.6. The third-order valence-electron chi connectivity index (χ3n) is 4.03. The molecule has 0 radical (unpaired) electrons. The predicted molar refractivity (Wildman–Crippen MR) is 101 cm³/mol. The summed E-state index contributed by atoms with van der Waals surface area (Å²) in [4.78, 5) is 23.4. The molecule has 6 nitrogen and oxygen atoms in total. The van der Waals surface area contributed by atoms with Gasteiger partial charge in [-0.05, 0) is 30.5 Å². The highest BCUT2D eigenvalue weighted by Gasteiger charge is 2.15. The first-order valence-electron chi connectivity index (χ1n) is 8.07. The lowest BCUT2D eigenvalue weighted by Gasteiger charge is -2.20. The van der Waals surface area contributed by atoms with Crippen LogP contribution in [0.5, 0.6) is 0 Å². The van der Waals surface area contributed by atoms with Crippen LogP contribution in [0.2, 0.25) is 0 Å². The summed E-state index contributed by atoms with van der Waals surface area (Å²) in [6.45, 7) is 3.50. The van der Waals surface area contributed by atoms with Gasteiger partial charge in [-0.25, -0.2) is 4.68 Å². The van der Waals surface area contributed by atoms with Crippen LogP contribution in [-0.2, 0) is 6.54 Å². The van der Waals surface area contributed by atoms with E-state index in [-0.39, 0.29) is 5.56 Å². The molecule has 4 aromatic rings. The summed E-state index contributed by atoms with van der Waals surface area (Å²) in [5.74, 6) is 0.561. The van der Waals surface area contributed by atoms with Crippen molar-refractivity contribution in [1.29, 1.82) is 0 Å². The summed E-state index contributed by atoms with van der Waals surface area (Å²) in [6, 6.07) is 13.8. The molecule has 0 atom stereocenters. The van der Waals surface area contributed by atoms with Gasteiger partial charge in [-0.1, -0.05) is 24.3 Å². The van der Waals surface area contributed by atoms with Gasteiger partial charge in [0.2, 0.25) is 5.95 Å². The number of benzene rings is 1. The van der Waals surface area contributed by atoms with Crippen LogP contribution in [0.3, 0.4) is 0 Å². The Morgan fingerprint density at radius 1 is 1.20 bits per heavy atom.